The molecule has 100 valence electrons. The number of aliphatic hydroxyl groups excluding tert-OH is 1. The second-order valence-corrected chi connectivity index (χ2v) is 4.42. The van der Waals surface area contributed by atoms with Gasteiger partial charge in [-0.2, -0.15) is 0 Å². The SMILES string of the molecule is CCNC(=NCCn1ccnc1)N1CC[C@@H](O)C1. The lowest BCUT2D eigenvalue weighted by atomic mass is 10.3. The molecule has 0 bridgehead atoms. The molecule has 1 fully saturated rings. The maximum atomic E-state index is 9.56. The zero-order chi connectivity index (χ0) is 12.8. The van der Waals surface area contributed by atoms with E-state index in [1.165, 1.54) is 0 Å². The van der Waals surface area contributed by atoms with Crippen molar-refractivity contribution in [3.8, 4) is 0 Å². The van der Waals surface area contributed by atoms with Crippen LogP contribution in [0.1, 0.15) is 13.3 Å². The van der Waals surface area contributed by atoms with E-state index in [1.807, 2.05) is 10.8 Å². The number of guanidine groups is 1. The summed E-state index contributed by atoms with van der Waals surface area (Å²) >= 11 is 0. The van der Waals surface area contributed by atoms with Crippen molar-refractivity contribution in [2.75, 3.05) is 26.2 Å². The van der Waals surface area contributed by atoms with E-state index in [0.717, 1.165) is 32.0 Å². The Hall–Kier alpha value is -1.56. The summed E-state index contributed by atoms with van der Waals surface area (Å²) in [6.07, 6.45) is 6.10. The average molecular weight is 251 g/mol. The van der Waals surface area contributed by atoms with Crippen molar-refractivity contribution < 1.29 is 5.11 Å². The van der Waals surface area contributed by atoms with Crippen LogP contribution in [0.15, 0.2) is 23.7 Å². The van der Waals surface area contributed by atoms with Gasteiger partial charge in [-0.25, -0.2) is 4.98 Å². The van der Waals surface area contributed by atoms with Gasteiger partial charge in [0, 0.05) is 38.6 Å². The van der Waals surface area contributed by atoms with Crippen molar-refractivity contribution in [3.05, 3.63) is 18.7 Å². The first-order chi connectivity index (χ1) is 8.79. The number of nitrogens with zero attached hydrogens (tertiary/aromatic N) is 4. The summed E-state index contributed by atoms with van der Waals surface area (Å²) in [6, 6.07) is 0. The Kier molecular flexibility index (Phi) is 4.58. The average Bonchev–Trinajstić information content (AvgIpc) is 2.99. The third-order valence-corrected chi connectivity index (χ3v) is 2.98. The minimum absolute atomic E-state index is 0.220. The Morgan fingerprint density at radius 2 is 2.50 bits per heavy atom. The number of aliphatic imine (C=N–C) groups is 1. The second-order valence-electron chi connectivity index (χ2n) is 4.42. The molecule has 0 aromatic carbocycles. The summed E-state index contributed by atoms with van der Waals surface area (Å²) in [5, 5.41) is 12.8. The Labute approximate surface area is 107 Å². The van der Waals surface area contributed by atoms with E-state index in [9.17, 15) is 5.11 Å². The fourth-order valence-electron chi connectivity index (χ4n) is 2.05. The van der Waals surface area contributed by atoms with Gasteiger partial charge in [-0.1, -0.05) is 0 Å². The highest BCUT2D eigenvalue weighted by molar-refractivity contribution is 5.80. The Bertz CT molecular complexity index is 376. The molecule has 0 spiro atoms. The normalized spacial score (nSPS) is 20.4. The van der Waals surface area contributed by atoms with Crippen LogP contribution >= 0.6 is 0 Å². The van der Waals surface area contributed by atoms with Gasteiger partial charge in [0.15, 0.2) is 5.96 Å². The maximum Gasteiger partial charge on any atom is 0.194 e. The fraction of sp³-hybridized carbons (Fsp3) is 0.667. The lowest BCUT2D eigenvalue weighted by Gasteiger charge is -2.20. The van der Waals surface area contributed by atoms with Crippen LogP contribution in [0.25, 0.3) is 0 Å². The molecule has 2 N–H and O–H groups in total. The van der Waals surface area contributed by atoms with E-state index >= 15 is 0 Å². The second kappa shape index (κ2) is 6.39. The largest absolute Gasteiger partial charge is 0.391 e. The summed E-state index contributed by atoms with van der Waals surface area (Å²) in [6.45, 7) is 5.99. The molecule has 1 aromatic rings. The van der Waals surface area contributed by atoms with Crippen LogP contribution in [0.4, 0.5) is 0 Å². The highest BCUT2D eigenvalue weighted by Crippen LogP contribution is 2.08. The highest BCUT2D eigenvalue weighted by atomic mass is 16.3. The molecule has 6 nitrogen and oxygen atoms in total. The van der Waals surface area contributed by atoms with Gasteiger partial charge in [0.25, 0.3) is 0 Å². The molecule has 0 saturated carbocycles. The van der Waals surface area contributed by atoms with E-state index in [4.69, 9.17) is 0 Å². The number of likely N-dealkylation sites (tertiary alicyclic amines) is 1. The molecule has 6 heteroatoms. The number of rotatable bonds is 4. The number of aromatic nitrogens is 2. The quantitative estimate of drug-likeness (QED) is 0.580. The van der Waals surface area contributed by atoms with Crippen LogP contribution in [0.2, 0.25) is 0 Å². The Morgan fingerprint density at radius 3 is 3.11 bits per heavy atom. The van der Waals surface area contributed by atoms with E-state index in [0.29, 0.717) is 13.1 Å². The van der Waals surface area contributed by atoms with Gasteiger partial charge in [-0.3, -0.25) is 4.99 Å². The molecule has 0 aliphatic carbocycles. The summed E-state index contributed by atoms with van der Waals surface area (Å²) in [4.78, 5) is 10.7. The summed E-state index contributed by atoms with van der Waals surface area (Å²) < 4.78 is 2.01. The molecule has 2 rings (SSSR count). The molecule has 2 heterocycles. The van der Waals surface area contributed by atoms with E-state index in [-0.39, 0.29) is 6.10 Å². The number of hydrogen-bond donors (Lipinski definition) is 2. The minimum atomic E-state index is -0.220. The molecule has 1 aliphatic rings. The van der Waals surface area contributed by atoms with Crippen LogP contribution in [0.5, 0.6) is 0 Å². The lowest BCUT2D eigenvalue weighted by molar-refractivity contribution is 0.188. The van der Waals surface area contributed by atoms with Crippen molar-refractivity contribution in [2.45, 2.75) is 26.0 Å². The molecule has 0 radical (unpaired) electrons. The standard InChI is InChI=1S/C12H21N5O/c1-2-14-12(17-6-3-11(18)9-17)15-5-8-16-7-4-13-10-16/h4,7,10-11,18H,2-3,5-6,8-9H2,1H3,(H,14,15)/t11-/m1/s1. The van der Waals surface area contributed by atoms with Crippen molar-refractivity contribution in [1.82, 2.24) is 19.8 Å². The first-order valence-corrected chi connectivity index (χ1v) is 6.46. The van der Waals surface area contributed by atoms with E-state index in [2.05, 4.69) is 27.1 Å². The first-order valence-electron chi connectivity index (χ1n) is 6.46. The predicted molar refractivity (Wildman–Crippen MR) is 70.4 cm³/mol. The van der Waals surface area contributed by atoms with Crippen LogP contribution < -0.4 is 5.32 Å². The van der Waals surface area contributed by atoms with E-state index < -0.39 is 0 Å². The van der Waals surface area contributed by atoms with Gasteiger partial charge < -0.3 is 19.9 Å². The molecule has 18 heavy (non-hydrogen) atoms. The van der Waals surface area contributed by atoms with E-state index in [1.54, 1.807) is 12.5 Å². The van der Waals surface area contributed by atoms with Gasteiger partial charge in [0.2, 0.25) is 0 Å². The van der Waals surface area contributed by atoms with Crippen LogP contribution in [0.3, 0.4) is 0 Å². The monoisotopic (exact) mass is 251 g/mol. The van der Waals surface area contributed by atoms with Crippen molar-refractivity contribution in [3.63, 3.8) is 0 Å². The zero-order valence-electron chi connectivity index (χ0n) is 10.8. The topological polar surface area (TPSA) is 65.7 Å². The van der Waals surface area contributed by atoms with Crippen LogP contribution in [0, 0.1) is 0 Å². The molecule has 1 aromatic heterocycles. The number of imidazole rings is 1. The van der Waals surface area contributed by atoms with Gasteiger partial charge in [-0.05, 0) is 13.3 Å². The molecular formula is C12H21N5O. The molecule has 1 atom stereocenters. The molecular weight excluding hydrogens is 230 g/mol. The predicted octanol–water partition coefficient (Wildman–Crippen LogP) is -0.0848. The van der Waals surface area contributed by atoms with Gasteiger partial charge in [0.1, 0.15) is 0 Å². The molecule has 0 amide bonds. The number of aliphatic hydroxyl groups is 1. The molecule has 0 unspecified atom stereocenters. The minimum Gasteiger partial charge on any atom is -0.391 e. The third-order valence-electron chi connectivity index (χ3n) is 2.98. The van der Waals surface area contributed by atoms with Gasteiger partial charge >= 0.3 is 0 Å². The Balaban J connectivity index is 1.88. The summed E-state index contributed by atoms with van der Waals surface area (Å²) in [5.74, 6) is 0.897. The van der Waals surface area contributed by atoms with Crippen molar-refractivity contribution >= 4 is 5.96 Å². The lowest BCUT2D eigenvalue weighted by Crippen LogP contribution is -2.40. The first kappa shape index (κ1) is 12.9. The zero-order valence-corrected chi connectivity index (χ0v) is 10.8. The smallest absolute Gasteiger partial charge is 0.194 e. The van der Waals surface area contributed by atoms with Crippen LogP contribution in [-0.2, 0) is 6.54 Å². The molecule has 1 aliphatic heterocycles. The number of hydrogen-bond acceptors (Lipinski definition) is 3. The summed E-state index contributed by atoms with van der Waals surface area (Å²) in [7, 11) is 0. The van der Waals surface area contributed by atoms with Gasteiger partial charge in [0.05, 0.1) is 19.0 Å². The Morgan fingerprint density at radius 1 is 1.61 bits per heavy atom. The van der Waals surface area contributed by atoms with Crippen LogP contribution in [-0.4, -0.2) is 57.8 Å². The summed E-state index contributed by atoms with van der Waals surface area (Å²) in [5.41, 5.74) is 0. The number of β-amino-alcohol motifs (C(OH)–C–C–N with tert-alkyl or cyclic N) is 1. The third kappa shape index (κ3) is 3.46. The molecule has 1 saturated heterocycles. The van der Waals surface area contributed by atoms with Crippen molar-refractivity contribution in [2.24, 2.45) is 4.99 Å². The fourth-order valence-corrected chi connectivity index (χ4v) is 2.05. The van der Waals surface area contributed by atoms with Gasteiger partial charge in [-0.15, -0.1) is 0 Å². The highest BCUT2D eigenvalue weighted by Gasteiger charge is 2.22. The number of nitrogens with one attached hydrogen (secondary N) is 1. The van der Waals surface area contributed by atoms with Crippen molar-refractivity contribution in [1.29, 1.82) is 0 Å². The maximum absolute atomic E-state index is 9.56.